The Bertz CT molecular complexity index is 1010. The van der Waals surface area contributed by atoms with Crippen LogP contribution in [0.5, 0.6) is 0 Å². The molecule has 0 bridgehead atoms. The Morgan fingerprint density at radius 3 is 2.57 bits per heavy atom. The lowest BCUT2D eigenvalue weighted by Gasteiger charge is -2.49. The number of amides is 1. The summed E-state index contributed by atoms with van der Waals surface area (Å²) in [6, 6.07) is 4.41. The SMILES string of the molecule is CN(c1ncc(-n2ccc(C(N)=O)c2)cn1)C1(c2ncccc2F)CC(F)C1. The Labute approximate surface area is 159 Å². The quantitative estimate of drug-likeness (QED) is 0.729. The summed E-state index contributed by atoms with van der Waals surface area (Å²) in [6.45, 7) is 0. The number of nitrogens with two attached hydrogens (primary N) is 1. The number of rotatable bonds is 5. The molecular weight excluding hydrogens is 366 g/mol. The second kappa shape index (κ2) is 6.66. The van der Waals surface area contributed by atoms with Gasteiger partial charge in [-0.3, -0.25) is 9.78 Å². The molecule has 0 radical (unpaired) electrons. The zero-order valence-electron chi connectivity index (χ0n) is 15.1. The summed E-state index contributed by atoms with van der Waals surface area (Å²) in [6.07, 6.45) is 7.07. The molecule has 9 heteroatoms. The number of carbonyl (C=O) groups excluding carboxylic acids is 1. The second-order valence-corrected chi connectivity index (χ2v) is 6.84. The van der Waals surface area contributed by atoms with Gasteiger partial charge >= 0.3 is 0 Å². The number of anilines is 1. The number of halogens is 2. The van der Waals surface area contributed by atoms with E-state index in [2.05, 4.69) is 15.0 Å². The number of hydrogen-bond acceptors (Lipinski definition) is 5. The first-order valence-electron chi connectivity index (χ1n) is 8.70. The number of alkyl halides is 1. The smallest absolute Gasteiger partial charge is 0.250 e. The molecule has 0 saturated heterocycles. The summed E-state index contributed by atoms with van der Waals surface area (Å²) < 4.78 is 29.8. The second-order valence-electron chi connectivity index (χ2n) is 6.84. The standard InChI is InChI=1S/C19H18F2N6O/c1-26(19(7-13(20)8-19)16-15(21)3-2-5-23-16)18-24-9-14(10-25-18)27-6-4-12(11-27)17(22)28/h2-6,9-11,13H,7-8H2,1H3,(H2,22,28). The van der Waals surface area contributed by atoms with E-state index in [0.717, 1.165) is 0 Å². The van der Waals surface area contributed by atoms with E-state index in [1.165, 1.54) is 18.3 Å². The molecule has 3 aromatic heterocycles. The zero-order valence-corrected chi connectivity index (χ0v) is 15.1. The van der Waals surface area contributed by atoms with Gasteiger partial charge in [0.2, 0.25) is 11.9 Å². The van der Waals surface area contributed by atoms with E-state index >= 15 is 0 Å². The van der Waals surface area contributed by atoms with Crippen molar-refractivity contribution in [2.24, 2.45) is 5.73 Å². The molecule has 1 aliphatic carbocycles. The molecule has 2 N–H and O–H groups in total. The van der Waals surface area contributed by atoms with Gasteiger partial charge in [0, 0.05) is 38.5 Å². The van der Waals surface area contributed by atoms with E-state index in [1.807, 2.05) is 0 Å². The van der Waals surface area contributed by atoms with Crippen molar-refractivity contribution in [3.63, 3.8) is 0 Å². The summed E-state index contributed by atoms with van der Waals surface area (Å²) in [7, 11) is 1.70. The van der Waals surface area contributed by atoms with Crippen molar-refractivity contribution < 1.29 is 13.6 Å². The largest absolute Gasteiger partial charge is 0.366 e. The van der Waals surface area contributed by atoms with Crippen molar-refractivity contribution in [2.45, 2.75) is 24.6 Å². The fourth-order valence-corrected chi connectivity index (χ4v) is 3.54. The molecule has 0 atom stereocenters. The molecule has 144 valence electrons. The molecule has 1 aliphatic rings. The van der Waals surface area contributed by atoms with E-state index < -0.39 is 23.4 Å². The highest BCUT2D eigenvalue weighted by Crippen LogP contribution is 2.48. The minimum atomic E-state index is -1.03. The van der Waals surface area contributed by atoms with Crippen LogP contribution in [0.4, 0.5) is 14.7 Å². The average Bonchev–Trinajstić information content (AvgIpc) is 3.16. The third kappa shape index (κ3) is 2.88. The normalized spacial score (nSPS) is 21.2. The third-order valence-corrected chi connectivity index (χ3v) is 5.16. The van der Waals surface area contributed by atoms with Crippen molar-refractivity contribution in [3.8, 4) is 5.69 Å². The van der Waals surface area contributed by atoms with Crippen LogP contribution in [-0.4, -0.2) is 38.6 Å². The van der Waals surface area contributed by atoms with Gasteiger partial charge in [0.25, 0.3) is 0 Å². The highest BCUT2D eigenvalue weighted by Gasteiger charge is 2.52. The van der Waals surface area contributed by atoms with Crippen LogP contribution in [-0.2, 0) is 5.54 Å². The Balaban J connectivity index is 1.64. The van der Waals surface area contributed by atoms with Crippen LogP contribution in [0.3, 0.4) is 0 Å². The molecule has 7 nitrogen and oxygen atoms in total. The Morgan fingerprint density at radius 2 is 2.00 bits per heavy atom. The maximum absolute atomic E-state index is 14.4. The van der Waals surface area contributed by atoms with Crippen LogP contribution in [0.2, 0.25) is 0 Å². The first-order valence-corrected chi connectivity index (χ1v) is 8.70. The van der Waals surface area contributed by atoms with Crippen LogP contribution in [0.1, 0.15) is 28.9 Å². The van der Waals surface area contributed by atoms with E-state index in [0.29, 0.717) is 17.2 Å². The molecule has 3 heterocycles. The summed E-state index contributed by atoms with van der Waals surface area (Å²) in [5.74, 6) is -0.687. The number of aromatic nitrogens is 4. The summed E-state index contributed by atoms with van der Waals surface area (Å²) >= 11 is 0. The molecule has 0 aliphatic heterocycles. The lowest BCUT2D eigenvalue weighted by atomic mass is 9.71. The van der Waals surface area contributed by atoms with E-state index in [9.17, 15) is 13.6 Å². The zero-order chi connectivity index (χ0) is 19.9. The predicted octanol–water partition coefficient (Wildman–Crippen LogP) is 2.36. The van der Waals surface area contributed by atoms with E-state index in [1.54, 1.807) is 47.4 Å². The van der Waals surface area contributed by atoms with Crippen LogP contribution in [0.15, 0.2) is 49.2 Å². The molecule has 28 heavy (non-hydrogen) atoms. The van der Waals surface area contributed by atoms with Gasteiger partial charge < -0.3 is 15.2 Å². The van der Waals surface area contributed by atoms with E-state index in [-0.39, 0.29) is 18.5 Å². The van der Waals surface area contributed by atoms with Crippen LogP contribution >= 0.6 is 0 Å². The van der Waals surface area contributed by atoms with Crippen molar-refractivity contribution in [1.82, 2.24) is 19.5 Å². The third-order valence-electron chi connectivity index (χ3n) is 5.16. The Kier molecular flexibility index (Phi) is 4.29. The molecule has 1 fully saturated rings. The summed E-state index contributed by atoms with van der Waals surface area (Å²) in [5, 5.41) is 0. The molecule has 4 rings (SSSR count). The van der Waals surface area contributed by atoms with Crippen LogP contribution in [0.25, 0.3) is 5.69 Å². The minimum Gasteiger partial charge on any atom is -0.366 e. The van der Waals surface area contributed by atoms with Gasteiger partial charge in [0.05, 0.1) is 29.2 Å². The number of nitrogens with zero attached hydrogens (tertiary/aromatic N) is 5. The molecule has 0 spiro atoms. The van der Waals surface area contributed by atoms with Crippen molar-refractivity contribution >= 4 is 11.9 Å². The van der Waals surface area contributed by atoms with Crippen LogP contribution in [0, 0.1) is 5.82 Å². The summed E-state index contributed by atoms with van der Waals surface area (Å²) in [4.78, 5) is 25.7. The number of carbonyl (C=O) groups is 1. The van der Waals surface area contributed by atoms with Crippen molar-refractivity contribution in [3.05, 3.63) is 66.3 Å². The van der Waals surface area contributed by atoms with Gasteiger partial charge in [0.1, 0.15) is 17.7 Å². The first kappa shape index (κ1) is 18.0. The molecular formula is C19H18F2N6O. The molecule has 1 amide bonds. The van der Waals surface area contributed by atoms with E-state index in [4.69, 9.17) is 5.73 Å². The van der Waals surface area contributed by atoms with Gasteiger partial charge in [-0.2, -0.15) is 0 Å². The van der Waals surface area contributed by atoms with Gasteiger partial charge in [-0.25, -0.2) is 18.7 Å². The number of pyridine rings is 1. The van der Waals surface area contributed by atoms with Gasteiger partial charge in [-0.15, -0.1) is 0 Å². The molecule has 0 aromatic carbocycles. The van der Waals surface area contributed by atoms with Gasteiger partial charge in [-0.05, 0) is 18.2 Å². The van der Waals surface area contributed by atoms with Crippen LogP contribution < -0.4 is 10.6 Å². The topological polar surface area (TPSA) is 89.9 Å². The predicted molar refractivity (Wildman–Crippen MR) is 98.3 cm³/mol. The Hall–Kier alpha value is -3.36. The maximum Gasteiger partial charge on any atom is 0.250 e. The average molecular weight is 384 g/mol. The molecule has 0 unspecified atom stereocenters. The number of hydrogen-bond donors (Lipinski definition) is 1. The highest BCUT2D eigenvalue weighted by atomic mass is 19.1. The highest BCUT2D eigenvalue weighted by molar-refractivity contribution is 5.92. The van der Waals surface area contributed by atoms with Gasteiger partial charge in [-0.1, -0.05) is 0 Å². The molecule has 3 aromatic rings. The number of primary amides is 1. The van der Waals surface area contributed by atoms with Crippen molar-refractivity contribution in [2.75, 3.05) is 11.9 Å². The fourth-order valence-electron chi connectivity index (χ4n) is 3.54. The first-order chi connectivity index (χ1) is 13.4. The fraction of sp³-hybridized carbons (Fsp3) is 0.263. The summed E-state index contributed by atoms with van der Waals surface area (Å²) in [5.41, 5.74) is 5.51. The lowest BCUT2D eigenvalue weighted by molar-refractivity contribution is 0.0860. The van der Waals surface area contributed by atoms with Crippen molar-refractivity contribution in [1.29, 1.82) is 0 Å². The van der Waals surface area contributed by atoms with Gasteiger partial charge in [0.15, 0.2) is 0 Å². The monoisotopic (exact) mass is 384 g/mol. The Morgan fingerprint density at radius 1 is 1.29 bits per heavy atom. The lowest BCUT2D eigenvalue weighted by Crippen LogP contribution is -2.56. The minimum absolute atomic E-state index is 0.113. The molecule has 1 saturated carbocycles. The maximum atomic E-state index is 14.4.